The van der Waals surface area contributed by atoms with Crippen molar-refractivity contribution in [1.82, 2.24) is 15.2 Å². The van der Waals surface area contributed by atoms with E-state index >= 15 is 0 Å². The summed E-state index contributed by atoms with van der Waals surface area (Å²) in [4.78, 5) is 27.1. The summed E-state index contributed by atoms with van der Waals surface area (Å²) in [7, 11) is 0. The van der Waals surface area contributed by atoms with E-state index in [4.69, 9.17) is 0 Å². The van der Waals surface area contributed by atoms with Crippen molar-refractivity contribution in [3.05, 3.63) is 29.6 Å². The minimum Gasteiger partial charge on any atom is -0.352 e. The lowest BCUT2D eigenvalue weighted by atomic mass is 9.97. The van der Waals surface area contributed by atoms with Crippen LogP contribution in [0.4, 0.5) is 22.0 Å². The maximum atomic E-state index is 13.7. The van der Waals surface area contributed by atoms with Crippen molar-refractivity contribution in [2.45, 2.75) is 38.0 Å². The van der Waals surface area contributed by atoms with Gasteiger partial charge in [-0.25, -0.2) is 13.8 Å². The molecule has 132 valence electrons. The largest absolute Gasteiger partial charge is 0.408 e. The Bertz CT molecular complexity index is 650. The number of likely N-dealkylation sites (tertiary alicyclic amines) is 1. The molecule has 1 aromatic heterocycles. The number of nitrogens with zero attached hydrogens (tertiary/aromatic N) is 2. The van der Waals surface area contributed by atoms with Crippen molar-refractivity contribution in [1.29, 1.82) is 0 Å². The second kappa shape index (κ2) is 6.70. The van der Waals surface area contributed by atoms with Gasteiger partial charge in [-0.2, -0.15) is 13.2 Å². The van der Waals surface area contributed by atoms with Crippen molar-refractivity contribution in [2.75, 3.05) is 6.54 Å². The molecule has 10 heteroatoms. The number of piperidine rings is 1. The van der Waals surface area contributed by atoms with Gasteiger partial charge < -0.3 is 10.2 Å². The Kier molecular flexibility index (Phi) is 5.05. The van der Waals surface area contributed by atoms with Crippen LogP contribution in [0.1, 0.15) is 30.3 Å². The molecule has 0 spiro atoms. The third-order valence-electron chi connectivity index (χ3n) is 3.64. The molecular weight excluding hydrogens is 337 g/mol. The normalized spacial score (nSPS) is 21.5. The lowest BCUT2D eigenvalue weighted by Crippen LogP contribution is -2.58. The van der Waals surface area contributed by atoms with Crippen molar-refractivity contribution in [3.8, 4) is 0 Å². The number of carbonyl (C=O) groups excluding carboxylic acids is 2. The standard InChI is InChI=1S/C14H14F5N3O2/c1-7(23)21-9-2-3-11(14(17,18)19)22(6-9)13(24)12-10(16)4-8(15)5-20-12/h4-5,9,11H,2-3,6H2,1H3,(H,21,23)/t9-,11-/m0/s1. The second-order valence-electron chi connectivity index (χ2n) is 5.47. The molecule has 0 aromatic carbocycles. The van der Waals surface area contributed by atoms with E-state index in [1.54, 1.807) is 0 Å². The van der Waals surface area contributed by atoms with E-state index in [9.17, 15) is 31.5 Å². The van der Waals surface area contributed by atoms with Gasteiger partial charge in [-0.3, -0.25) is 9.59 Å². The van der Waals surface area contributed by atoms with Gasteiger partial charge in [0.25, 0.3) is 5.91 Å². The predicted molar refractivity (Wildman–Crippen MR) is 71.9 cm³/mol. The van der Waals surface area contributed by atoms with Crippen molar-refractivity contribution >= 4 is 11.8 Å². The number of carbonyl (C=O) groups is 2. The summed E-state index contributed by atoms with van der Waals surface area (Å²) in [6.07, 6.45) is -4.59. The van der Waals surface area contributed by atoms with Crippen LogP contribution in [0.3, 0.4) is 0 Å². The molecule has 2 amide bonds. The van der Waals surface area contributed by atoms with Gasteiger partial charge in [0.2, 0.25) is 5.91 Å². The van der Waals surface area contributed by atoms with E-state index in [1.165, 1.54) is 6.92 Å². The molecule has 1 aromatic rings. The van der Waals surface area contributed by atoms with E-state index < -0.39 is 60.4 Å². The zero-order chi connectivity index (χ0) is 18.1. The third-order valence-corrected chi connectivity index (χ3v) is 3.64. The number of aromatic nitrogens is 1. The zero-order valence-corrected chi connectivity index (χ0v) is 12.5. The molecule has 0 bridgehead atoms. The van der Waals surface area contributed by atoms with Gasteiger partial charge in [-0.15, -0.1) is 0 Å². The zero-order valence-electron chi connectivity index (χ0n) is 12.5. The summed E-state index contributed by atoms with van der Waals surface area (Å²) >= 11 is 0. The highest BCUT2D eigenvalue weighted by molar-refractivity contribution is 5.93. The van der Waals surface area contributed by atoms with Gasteiger partial charge in [-0.1, -0.05) is 0 Å². The molecule has 2 rings (SSSR count). The lowest BCUT2D eigenvalue weighted by Gasteiger charge is -2.40. The van der Waals surface area contributed by atoms with Crippen LogP contribution in [0.5, 0.6) is 0 Å². The smallest absolute Gasteiger partial charge is 0.352 e. The van der Waals surface area contributed by atoms with E-state index in [2.05, 4.69) is 10.3 Å². The average molecular weight is 351 g/mol. The third kappa shape index (κ3) is 3.98. The SMILES string of the molecule is CC(=O)N[C@H]1CC[C@@H](C(F)(F)F)N(C(=O)c2ncc(F)cc2F)C1. The molecule has 1 fully saturated rings. The summed E-state index contributed by atoms with van der Waals surface area (Å²) in [5.74, 6) is -4.15. The van der Waals surface area contributed by atoms with Gasteiger partial charge in [0.15, 0.2) is 11.5 Å². The molecule has 0 radical (unpaired) electrons. The van der Waals surface area contributed by atoms with Crippen LogP contribution >= 0.6 is 0 Å². The fourth-order valence-corrected chi connectivity index (χ4v) is 2.65. The Balaban J connectivity index is 2.31. The number of pyridine rings is 1. The molecule has 1 saturated heterocycles. The molecule has 2 atom stereocenters. The average Bonchev–Trinajstić information content (AvgIpc) is 2.44. The molecule has 2 heterocycles. The second-order valence-corrected chi connectivity index (χ2v) is 5.47. The minimum absolute atomic E-state index is 0.0207. The van der Waals surface area contributed by atoms with Crippen LogP contribution in [0.15, 0.2) is 12.3 Å². The first-order valence-electron chi connectivity index (χ1n) is 7.05. The van der Waals surface area contributed by atoms with Crippen LogP contribution in [0.25, 0.3) is 0 Å². The molecule has 0 unspecified atom stereocenters. The van der Waals surface area contributed by atoms with Crippen LogP contribution in [-0.4, -0.2) is 46.5 Å². The first-order valence-corrected chi connectivity index (χ1v) is 7.05. The Hall–Kier alpha value is -2.26. The van der Waals surface area contributed by atoms with Crippen LogP contribution in [0.2, 0.25) is 0 Å². The minimum atomic E-state index is -4.71. The number of halogens is 5. The van der Waals surface area contributed by atoms with Crippen LogP contribution in [0, 0.1) is 11.6 Å². The quantitative estimate of drug-likeness (QED) is 0.830. The molecular formula is C14H14F5N3O2. The van der Waals surface area contributed by atoms with E-state index in [0.717, 1.165) is 0 Å². The molecule has 0 saturated carbocycles. The highest BCUT2D eigenvalue weighted by Crippen LogP contribution is 2.33. The number of amides is 2. The monoisotopic (exact) mass is 351 g/mol. The maximum absolute atomic E-state index is 13.7. The number of nitrogens with one attached hydrogen (secondary N) is 1. The van der Waals surface area contributed by atoms with Crippen molar-refractivity contribution in [2.24, 2.45) is 0 Å². The van der Waals surface area contributed by atoms with E-state index in [0.29, 0.717) is 17.2 Å². The van der Waals surface area contributed by atoms with Gasteiger partial charge >= 0.3 is 6.18 Å². The van der Waals surface area contributed by atoms with Crippen LogP contribution < -0.4 is 5.32 Å². The van der Waals surface area contributed by atoms with E-state index in [1.807, 2.05) is 0 Å². The first kappa shape index (κ1) is 18.1. The number of alkyl halides is 3. The Labute approximate surface area is 133 Å². The number of rotatable bonds is 2. The Morgan fingerprint density at radius 2 is 1.96 bits per heavy atom. The van der Waals surface area contributed by atoms with Gasteiger partial charge in [0.1, 0.15) is 11.9 Å². The van der Waals surface area contributed by atoms with Gasteiger partial charge in [0.05, 0.1) is 6.20 Å². The molecule has 5 nitrogen and oxygen atoms in total. The highest BCUT2D eigenvalue weighted by Gasteiger charge is 2.48. The molecule has 0 aliphatic carbocycles. The summed E-state index contributed by atoms with van der Waals surface area (Å²) in [5, 5.41) is 2.44. The fraction of sp³-hybridized carbons (Fsp3) is 0.500. The highest BCUT2D eigenvalue weighted by atomic mass is 19.4. The lowest BCUT2D eigenvalue weighted by molar-refractivity contribution is -0.184. The Morgan fingerprint density at radius 3 is 2.50 bits per heavy atom. The molecule has 24 heavy (non-hydrogen) atoms. The fourth-order valence-electron chi connectivity index (χ4n) is 2.65. The molecule has 1 N–H and O–H groups in total. The first-order chi connectivity index (χ1) is 11.1. The number of hydrogen-bond acceptors (Lipinski definition) is 3. The topological polar surface area (TPSA) is 62.3 Å². The predicted octanol–water partition coefficient (Wildman–Crippen LogP) is 2.03. The maximum Gasteiger partial charge on any atom is 0.408 e. The molecule has 1 aliphatic rings. The summed E-state index contributed by atoms with van der Waals surface area (Å²) in [5.41, 5.74) is -0.894. The molecule has 1 aliphatic heterocycles. The summed E-state index contributed by atoms with van der Waals surface area (Å²) < 4.78 is 66.1. The van der Waals surface area contributed by atoms with Crippen molar-refractivity contribution in [3.63, 3.8) is 0 Å². The van der Waals surface area contributed by atoms with Gasteiger partial charge in [-0.05, 0) is 12.8 Å². The summed E-state index contributed by atoms with van der Waals surface area (Å²) in [6, 6.07) is -2.44. The Morgan fingerprint density at radius 1 is 1.29 bits per heavy atom. The van der Waals surface area contributed by atoms with E-state index in [-0.39, 0.29) is 6.42 Å². The van der Waals surface area contributed by atoms with Gasteiger partial charge in [0, 0.05) is 25.6 Å². The van der Waals surface area contributed by atoms with Crippen molar-refractivity contribution < 1.29 is 31.5 Å². The number of hydrogen-bond donors (Lipinski definition) is 1. The summed E-state index contributed by atoms with van der Waals surface area (Å²) in [6.45, 7) is 0.754. The van der Waals surface area contributed by atoms with Crippen LogP contribution in [-0.2, 0) is 4.79 Å².